The van der Waals surface area contributed by atoms with Crippen LogP contribution < -0.4 is 9.47 Å². The summed E-state index contributed by atoms with van der Waals surface area (Å²) in [6, 6.07) is 3.31. The summed E-state index contributed by atoms with van der Waals surface area (Å²) in [6.45, 7) is 5.41. The minimum Gasteiger partial charge on any atom is -0.490 e. The van der Waals surface area contributed by atoms with E-state index < -0.39 is 6.10 Å². The zero-order valence-electron chi connectivity index (χ0n) is 12.5. The number of hydrogen-bond donors (Lipinski definition) is 0. The normalized spacial score (nSPS) is 18.3. The zero-order valence-corrected chi connectivity index (χ0v) is 13.2. The molecular weight excluding hydrogens is 292 g/mol. The Kier molecular flexibility index (Phi) is 5.88. The van der Waals surface area contributed by atoms with Gasteiger partial charge in [-0.05, 0) is 39.2 Å². The van der Waals surface area contributed by atoms with Gasteiger partial charge in [-0.1, -0.05) is 11.6 Å². The van der Waals surface area contributed by atoms with Gasteiger partial charge in [-0.2, -0.15) is 0 Å². The minimum absolute atomic E-state index is 0.0799. The number of Topliss-reactive ketones (excluding diaryl/α,β-unsaturated/α-hetero) is 1. The lowest BCUT2D eigenvalue weighted by Crippen LogP contribution is -2.28. The molecule has 116 valence electrons. The largest absolute Gasteiger partial charge is 0.490 e. The van der Waals surface area contributed by atoms with Crippen LogP contribution >= 0.6 is 11.6 Å². The van der Waals surface area contributed by atoms with Crippen LogP contribution in [0, 0.1) is 0 Å². The van der Waals surface area contributed by atoms with Crippen molar-refractivity contribution in [3.8, 4) is 11.5 Å². The van der Waals surface area contributed by atoms with Crippen molar-refractivity contribution in [2.75, 3.05) is 19.8 Å². The summed E-state index contributed by atoms with van der Waals surface area (Å²) >= 11 is 6.24. The van der Waals surface area contributed by atoms with Gasteiger partial charge in [-0.3, -0.25) is 4.79 Å². The van der Waals surface area contributed by atoms with Crippen LogP contribution in [0.2, 0.25) is 5.02 Å². The Balaban J connectivity index is 2.29. The van der Waals surface area contributed by atoms with Crippen LogP contribution in [-0.2, 0) is 4.74 Å². The van der Waals surface area contributed by atoms with E-state index in [2.05, 4.69) is 0 Å². The van der Waals surface area contributed by atoms with E-state index in [1.54, 1.807) is 12.1 Å². The Bertz CT molecular complexity index is 495. The van der Waals surface area contributed by atoms with Gasteiger partial charge in [0.15, 0.2) is 17.3 Å². The van der Waals surface area contributed by atoms with Gasteiger partial charge in [0.2, 0.25) is 0 Å². The Labute approximate surface area is 130 Å². The fourth-order valence-electron chi connectivity index (χ4n) is 2.38. The molecule has 1 aromatic carbocycles. The topological polar surface area (TPSA) is 44.8 Å². The van der Waals surface area contributed by atoms with Crippen LogP contribution in [0.5, 0.6) is 11.5 Å². The number of hydrogen-bond acceptors (Lipinski definition) is 4. The van der Waals surface area contributed by atoms with Gasteiger partial charge >= 0.3 is 0 Å². The van der Waals surface area contributed by atoms with Crippen molar-refractivity contribution in [2.45, 2.75) is 39.2 Å². The lowest BCUT2D eigenvalue weighted by atomic mass is 9.99. The number of carbonyl (C=O) groups excluding carboxylic acids is 1. The quantitative estimate of drug-likeness (QED) is 0.748. The maximum Gasteiger partial charge on any atom is 0.193 e. The van der Waals surface area contributed by atoms with Crippen molar-refractivity contribution < 1.29 is 19.0 Å². The van der Waals surface area contributed by atoms with Crippen molar-refractivity contribution in [1.29, 1.82) is 0 Å². The van der Waals surface area contributed by atoms with E-state index in [0.29, 0.717) is 41.9 Å². The number of ketones is 1. The lowest BCUT2D eigenvalue weighted by Gasteiger charge is -2.22. The van der Waals surface area contributed by atoms with Gasteiger partial charge in [0.25, 0.3) is 0 Å². The van der Waals surface area contributed by atoms with E-state index in [4.69, 9.17) is 25.8 Å². The molecule has 1 saturated heterocycles. The second-order valence-corrected chi connectivity index (χ2v) is 5.27. The summed E-state index contributed by atoms with van der Waals surface area (Å²) in [5, 5.41) is 0.376. The highest BCUT2D eigenvalue weighted by Crippen LogP contribution is 2.35. The van der Waals surface area contributed by atoms with E-state index in [-0.39, 0.29) is 5.78 Å². The van der Waals surface area contributed by atoms with Crippen molar-refractivity contribution >= 4 is 17.4 Å². The standard InChI is InChI=1S/C16H21ClO4/c1-3-19-14-9-11(12(17)10-15(14)20-4-2)16(18)13-7-5-6-8-21-13/h9-10,13H,3-8H2,1-2H3. The minimum atomic E-state index is -0.399. The first-order valence-electron chi connectivity index (χ1n) is 7.42. The first kappa shape index (κ1) is 16.1. The van der Waals surface area contributed by atoms with Gasteiger partial charge in [-0.15, -0.1) is 0 Å². The number of carbonyl (C=O) groups is 1. The molecule has 0 N–H and O–H groups in total. The second-order valence-electron chi connectivity index (χ2n) is 4.86. The highest BCUT2D eigenvalue weighted by Gasteiger charge is 2.26. The number of halogens is 1. The molecule has 1 fully saturated rings. The molecule has 1 aliphatic heterocycles. The van der Waals surface area contributed by atoms with Gasteiger partial charge in [0.05, 0.1) is 18.2 Å². The molecule has 1 heterocycles. The van der Waals surface area contributed by atoms with Crippen LogP contribution in [0.25, 0.3) is 0 Å². The van der Waals surface area contributed by atoms with Gasteiger partial charge < -0.3 is 14.2 Å². The summed E-state index contributed by atoms with van der Waals surface area (Å²) in [7, 11) is 0. The third-order valence-electron chi connectivity index (χ3n) is 3.37. The van der Waals surface area contributed by atoms with E-state index in [1.165, 1.54) is 0 Å². The molecule has 21 heavy (non-hydrogen) atoms. The fraction of sp³-hybridized carbons (Fsp3) is 0.562. The average molecular weight is 313 g/mol. The van der Waals surface area contributed by atoms with Crippen LogP contribution in [0.15, 0.2) is 12.1 Å². The lowest BCUT2D eigenvalue weighted by molar-refractivity contribution is 0.0186. The highest BCUT2D eigenvalue weighted by molar-refractivity contribution is 6.34. The van der Waals surface area contributed by atoms with Crippen LogP contribution in [0.3, 0.4) is 0 Å². The number of rotatable bonds is 6. The molecule has 0 radical (unpaired) electrons. The third kappa shape index (κ3) is 3.89. The zero-order chi connectivity index (χ0) is 15.2. The molecule has 1 atom stereocenters. The molecule has 0 amide bonds. The molecule has 1 unspecified atom stereocenters. The van der Waals surface area contributed by atoms with Gasteiger partial charge in [-0.25, -0.2) is 0 Å². The summed E-state index contributed by atoms with van der Waals surface area (Å²) < 4.78 is 16.6. The summed E-state index contributed by atoms with van der Waals surface area (Å²) in [5.41, 5.74) is 0.440. The smallest absolute Gasteiger partial charge is 0.193 e. The fourth-order valence-corrected chi connectivity index (χ4v) is 2.63. The Hall–Kier alpha value is -1.26. The van der Waals surface area contributed by atoms with Crippen molar-refractivity contribution in [2.24, 2.45) is 0 Å². The summed E-state index contributed by atoms with van der Waals surface area (Å²) in [6.07, 6.45) is 2.35. The maximum absolute atomic E-state index is 12.5. The molecule has 0 aromatic heterocycles. The molecule has 1 aromatic rings. The number of benzene rings is 1. The van der Waals surface area contributed by atoms with Crippen molar-refractivity contribution in [3.05, 3.63) is 22.7 Å². The molecule has 2 rings (SSSR count). The van der Waals surface area contributed by atoms with E-state index in [1.807, 2.05) is 13.8 Å². The predicted octanol–water partition coefficient (Wildman–Crippen LogP) is 3.89. The number of ether oxygens (including phenoxy) is 3. The van der Waals surface area contributed by atoms with E-state index in [9.17, 15) is 4.79 Å². The first-order valence-corrected chi connectivity index (χ1v) is 7.80. The van der Waals surface area contributed by atoms with Crippen LogP contribution in [0.4, 0.5) is 0 Å². The van der Waals surface area contributed by atoms with Crippen LogP contribution in [-0.4, -0.2) is 31.7 Å². The Morgan fingerprint density at radius 2 is 1.90 bits per heavy atom. The summed E-state index contributed by atoms with van der Waals surface area (Å²) in [5.74, 6) is 1.03. The molecule has 0 saturated carbocycles. The Morgan fingerprint density at radius 1 is 1.24 bits per heavy atom. The van der Waals surface area contributed by atoms with Crippen LogP contribution in [0.1, 0.15) is 43.5 Å². The molecule has 5 heteroatoms. The molecule has 1 aliphatic rings. The van der Waals surface area contributed by atoms with Gasteiger partial charge in [0, 0.05) is 18.2 Å². The summed E-state index contributed by atoms with van der Waals surface area (Å²) in [4.78, 5) is 12.5. The molecule has 4 nitrogen and oxygen atoms in total. The third-order valence-corrected chi connectivity index (χ3v) is 3.68. The van der Waals surface area contributed by atoms with Gasteiger partial charge in [0.1, 0.15) is 6.10 Å². The van der Waals surface area contributed by atoms with E-state index >= 15 is 0 Å². The monoisotopic (exact) mass is 312 g/mol. The molecular formula is C16H21ClO4. The van der Waals surface area contributed by atoms with Crippen molar-refractivity contribution in [1.82, 2.24) is 0 Å². The Morgan fingerprint density at radius 3 is 2.48 bits per heavy atom. The van der Waals surface area contributed by atoms with Crippen molar-refractivity contribution in [3.63, 3.8) is 0 Å². The predicted molar refractivity (Wildman–Crippen MR) is 81.7 cm³/mol. The molecule has 0 bridgehead atoms. The van der Waals surface area contributed by atoms with E-state index in [0.717, 1.165) is 19.3 Å². The highest BCUT2D eigenvalue weighted by atomic mass is 35.5. The molecule has 0 spiro atoms. The molecule has 0 aliphatic carbocycles. The second kappa shape index (κ2) is 7.66. The first-order chi connectivity index (χ1) is 10.2. The maximum atomic E-state index is 12.5. The SMILES string of the molecule is CCOc1cc(Cl)c(C(=O)C2CCCCO2)cc1OCC. The average Bonchev–Trinajstić information content (AvgIpc) is 2.50.